The van der Waals surface area contributed by atoms with Crippen molar-refractivity contribution in [2.45, 2.75) is 12.5 Å². The first kappa shape index (κ1) is 15.9. The molecule has 1 aromatic rings. The highest BCUT2D eigenvalue weighted by atomic mass is 35.5. The second-order valence-electron chi connectivity index (χ2n) is 3.06. The lowest BCUT2D eigenvalue weighted by molar-refractivity contribution is -0.274. The van der Waals surface area contributed by atoms with Crippen LogP contribution in [0.25, 0.3) is 0 Å². The number of alkyl halides is 6. The molecule has 10 heteroatoms. The van der Waals surface area contributed by atoms with Gasteiger partial charge < -0.3 is 4.74 Å². The van der Waals surface area contributed by atoms with Gasteiger partial charge in [-0.3, -0.25) is 0 Å². The fourth-order valence-electron chi connectivity index (χ4n) is 0.956. The van der Waals surface area contributed by atoms with Crippen LogP contribution >= 0.6 is 23.2 Å². The molecule has 2 nitrogen and oxygen atoms in total. The van der Waals surface area contributed by atoms with Crippen LogP contribution in [0.15, 0.2) is 23.2 Å². The Morgan fingerprint density at radius 3 is 2.16 bits per heavy atom. The first-order valence-electron chi connectivity index (χ1n) is 4.36. The summed E-state index contributed by atoms with van der Waals surface area (Å²) in [5.41, 5.74) is -0.746. The highest BCUT2D eigenvalue weighted by Gasteiger charge is 2.36. The monoisotopic (exact) mass is 325 g/mol. The van der Waals surface area contributed by atoms with Crippen molar-refractivity contribution in [2.75, 3.05) is 0 Å². The zero-order valence-corrected chi connectivity index (χ0v) is 10.1. The Labute approximate surface area is 112 Å². The summed E-state index contributed by atoms with van der Waals surface area (Å²) >= 11 is 10.3. The average Bonchev–Trinajstić information content (AvgIpc) is 2.18. The van der Waals surface area contributed by atoms with Crippen LogP contribution in [0.1, 0.15) is 0 Å². The zero-order chi connectivity index (χ0) is 14.8. The van der Waals surface area contributed by atoms with Gasteiger partial charge in [0, 0.05) is 11.1 Å². The Bertz CT molecular complexity index is 496. The molecule has 0 aliphatic heterocycles. The lowest BCUT2D eigenvalue weighted by Crippen LogP contribution is -2.18. The summed E-state index contributed by atoms with van der Waals surface area (Å²) in [6.07, 6.45) is -10.1. The molecular formula is C9H3Cl2F6NO. The van der Waals surface area contributed by atoms with E-state index in [2.05, 4.69) is 9.73 Å². The molecule has 0 aromatic heterocycles. The molecule has 0 heterocycles. The number of benzene rings is 1. The van der Waals surface area contributed by atoms with Crippen molar-refractivity contribution in [3.63, 3.8) is 0 Å². The molecule has 0 saturated carbocycles. The summed E-state index contributed by atoms with van der Waals surface area (Å²) < 4.78 is 76.1. The van der Waals surface area contributed by atoms with Gasteiger partial charge in [-0.2, -0.15) is 13.2 Å². The molecule has 1 aromatic carbocycles. The molecule has 19 heavy (non-hydrogen) atoms. The predicted octanol–water partition coefficient (Wildman–Crippen LogP) is 5.07. The molecule has 0 aliphatic carbocycles. The molecule has 1 rings (SSSR count). The summed E-state index contributed by atoms with van der Waals surface area (Å²) in [7, 11) is 0. The smallest absolute Gasteiger partial charge is 0.403 e. The van der Waals surface area contributed by atoms with Crippen molar-refractivity contribution in [1.82, 2.24) is 0 Å². The van der Waals surface area contributed by atoms with Gasteiger partial charge in [0.1, 0.15) is 5.69 Å². The SMILES string of the molecule is FC(F)(F)Oc1cc(Cl)ccc1N=C(Cl)C(F)(F)F. The van der Waals surface area contributed by atoms with Gasteiger partial charge in [0.2, 0.25) is 5.17 Å². The Kier molecular flexibility index (Phi) is 4.57. The van der Waals surface area contributed by atoms with E-state index in [1.807, 2.05) is 0 Å². The van der Waals surface area contributed by atoms with Crippen molar-refractivity contribution in [1.29, 1.82) is 0 Å². The Morgan fingerprint density at radius 2 is 1.68 bits per heavy atom. The summed E-state index contributed by atoms with van der Waals surface area (Å²) in [5, 5.41) is -2.00. The van der Waals surface area contributed by atoms with Crippen LogP contribution in [0.2, 0.25) is 5.02 Å². The van der Waals surface area contributed by atoms with Crippen LogP contribution in [-0.4, -0.2) is 17.7 Å². The maximum absolute atomic E-state index is 12.1. The van der Waals surface area contributed by atoms with Gasteiger partial charge in [-0.1, -0.05) is 23.2 Å². The van der Waals surface area contributed by atoms with E-state index in [-0.39, 0.29) is 5.02 Å². The van der Waals surface area contributed by atoms with Crippen LogP contribution in [0, 0.1) is 0 Å². The third-order valence-electron chi connectivity index (χ3n) is 1.60. The third kappa shape index (κ3) is 5.15. The maximum atomic E-state index is 12.1. The number of aliphatic imine (C=N–C) groups is 1. The number of ether oxygens (including phenoxy) is 1. The molecule has 0 aliphatic rings. The molecule has 0 saturated heterocycles. The molecule has 0 atom stereocenters. The Hall–Kier alpha value is -1.15. The standard InChI is InChI=1S/C9H3Cl2F6NO/c10-4-1-2-5(18-7(11)8(12,13)14)6(3-4)19-9(15,16)17/h1-3H. The fourth-order valence-corrected chi connectivity index (χ4v) is 1.21. The van der Waals surface area contributed by atoms with Crippen molar-refractivity contribution in [3.05, 3.63) is 23.2 Å². The molecule has 0 fully saturated rings. The van der Waals surface area contributed by atoms with Gasteiger partial charge in [-0.15, -0.1) is 13.2 Å². The third-order valence-corrected chi connectivity index (χ3v) is 2.13. The first-order valence-corrected chi connectivity index (χ1v) is 5.11. The minimum absolute atomic E-state index is 0.165. The van der Waals surface area contributed by atoms with Crippen LogP contribution in [0.3, 0.4) is 0 Å². The highest BCUT2D eigenvalue weighted by Crippen LogP contribution is 2.36. The number of rotatable bonds is 2. The summed E-state index contributed by atoms with van der Waals surface area (Å²) in [5.74, 6) is -0.984. The van der Waals surface area contributed by atoms with E-state index >= 15 is 0 Å². The fraction of sp³-hybridized carbons (Fsp3) is 0.222. The number of hydrogen-bond donors (Lipinski definition) is 0. The van der Waals surface area contributed by atoms with E-state index in [4.69, 9.17) is 23.2 Å². The van der Waals surface area contributed by atoms with Gasteiger partial charge in [0.05, 0.1) is 0 Å². The van der Waals surface area contributed by atoms with E-state index in [0.717, 1.165) is 12.1 Å². The predicted molar refractivity (Wildman–Crippen MR) is 57.1 cm³/mol. The van der Waals surface area contributed by atoms with Crippen molar-refractivity contribution in [2.24, 2.45) is 4.99 Å². The van der Waals surface area contributed by atoms with Crippen molar-refractivity contribution < 1.29 is 31.1 Å². The molecule has 106 valence electrons. The van der Waals surface area contributed by atoms with Gasteiger partial charge in [-0.05, 0) is 12.1 Å². The normalized spacial score (nSPS) is 13.6. The lowest BCUT2D eigenvalue weighted by atomic mass is 10.3. The molecule has 0 amide bonds. The number of nitrogens with zero attached hydrogens (tertiary/aromatic N) is 1. The van der Waals surface area contributed by atoms with E-state index in [9.17, 15) is 26.3 Å². The minimum Gasteiger partial charge on any atom is -0.403 e. The maximum Gasteiger partial charge on any atom is 0.573 e. The van der Waals surface area contributed by atoms with Crippen LogP contribution in [0.4, 0.5) is 32.0 Å². The molecule has 0 radical (unpaired) electrons. The van der Waals surface area contributed by atoms with Gasteiger partial charge >= 0.3 is 12.5 Å². The molecule has 0 N–H and O–H groups in total. The zero-order valence-electron chi connectivity index (χ0n) is 8.61. The largest absolute Gasteiger partial charge is 0.573 e. The van der Waals surface area contributed by atoms with Gasteiger partial charge in [-0.25, -0.2) is 4.99 Å². The molecular weight excluding hydrogens is 323 g/mol. The van der Waals surface area contributed by atoms with E-state index in [1.54, 1.807) is 0 Å². The number of hydrogen-bond acceptors (Lipinski definition) is 2. The Morgan fingerprint density at radius 1 is 1.11 bits per heavy atom. The first-order chi connectivity index (χ1) is 8.49. The average molecular weight is 326 g/mol. The van der Waals surface area contributed by atoms with Crippen LogP contribution in [0.5, 0.6) is 5.75 Å². The van der Waals surface area contributed by atoms with E-state index < -0.39 is 29.1 Å². The lowest BCUT2D eigenvalue weighted by Gasteiger charge is -2.12. The van der Waals surface area contributed by atoms with Gasteiger partial charge in [0.25, 0.3) is 0 Å². The van der Waals surface area contributed by atoms with Crippen molar-refractivity contribution in [3.8, 4) is 5.75 Å². The summed E-state index contributed by atoms with van der Waals surface area (Å²) in [6, 6.07) is 2.54. The summed E-state index contributed by atoms with van der Waals surface area (Å²) in [4.78, 5) is 2.83. The van der Waals surface area contributed by atoms with Gasteiger partial charge in [0.15, 0.2) is 5.75 Å². The minimum atomic E-state index is -5.10. The Balaban J connectivity index is 3.21. The highest BCUT2D eigenvalue weighted by molar-refractivity contribution is 6.67. The molecule has 0 spiro atoms. The number of halogens is 8. The van der Waals surface area contributed by atoms with Crippen molar-refractivity contribution >= 4 is 34.1 Å². The topological polar surface area (TPSA) is 21.6 Å². The summed E-state index contributed by atoms with van der Waals surface area (Å²) in [6.45, 7) is 0. The van der Waals surface area contributed by atoms with E-state index in [1.165, 1.54) is 0 Å². The molecule has 0 unspecified atom stereocenters. The van der Waals surface area contributed by atoms with Crippen LogP contribution in [-0.2, 0) is 0 Å². The second kappa shape index (κ2) is 5.46. The van der Waals surface area contributed by atoms with E-state index in [0.29, 0.717) is 6.07 Å². The second-order valence-corrected chi connectivity index (χ2v) is 3.85. The quantitative estimate of drug-likeness (QED) is 0.549. The molecule has 0 bridgehead atoms. The van der Waals surface area contributed by atoms with Crippen LogP contribution < -0.4 is 4.74 Å².